The van der Waals surface area contributed by atoms with Crippen LogP contribution in [-0.4, -0.2) is 47.0 Å². The molecule has 1 aliphatic carbocycles. The molecule has 0 spiro atoms. The van der Waals surface area contributed by atoms with Gasteiger partial charge in [0.2, 0.25) is 10.0 Å². The van der Waals surface area contributed by atoms with E-state index in [1.165, 1.54) is 12.1 Å². The van der Waals surface area contributed by atoms with Gasteiger partial charge in [-0.05, 0) is 55.6 Å². The summed E-state index contributed by atoms with van der Waals surface area (Å²) in [5.41, 5.74) is 3.54. The van der Waals surface area contributed by atoms with Crippen LogP contribution < -0.4 is 0 Å². The molecule has 0 amide bonds. The Balaban J connectivity index is 1.55. The summed E-state index contributed by atoms with van der Waals surface area (Å²) in [6.45, 7) is 5.38. The molecule has 1 saturated carbocycles. The molecule has 174 valence electrons. The number of rotatable bonds is 8. The van der Waals surface area contributed by atoms with E-state index in [0.717, 1.165) is 55.8 Å². The molecule has 5 rings (SSSR count). The van der Waals surface area contributed by atoms with E-state index in [1.807, 2.05) is 16.8 Å². The van der Waals surface area contributed by atoms with Crippen molar-refractivity contribution in [3.05, 3.63) is 77.4 Å². The number of sulfonamides is 1. The molecule has 1 fully saturated rings. The Hall–Kier alpha value is -2.55. The van der Waals surface area contributed by atoms with E-state index in [0.29, 0.717) is 23.0 Å². The van der Waals surface area contributed by atoms with Crippen LogP contribution in [0.2, 0.25) is 0 Å². The predicted molar refractivity (Wildman–Crippen MR) is 125 cm³/mol. The summed E-state index contributed by atoms with van der Waals surface area (Å²) in [7, 11) is -3.65. The van der Waals surface area contributed by atoms with Gasteiger partial charge in [0.1, 0.15) is 5.82 Å². The van der Waals surface area contributed by atoms with Crippen molar-refractivity contribution in [2.24, 2.45) is 5.92 Å². The summed E-state index contributed by atoms with van der Waals surface area (Å²) in [5, 5.41) is 4.86. The Labute approximate surface area is 194 Å². The number of aromatic nitrogens is 2. The van der Waals surface area contributed by atoms with E-state index >= 15 is 0 Å². The highest BCUT2D eigenvalue weighted by Crippen LogP contribution is 2.34. The molecule has 3 aromatic rings. The molecule has 0 N–H and O–H groups in total. The molecule has 0 radical (unpaired) electrons. The van der Waals surface area contributed by atoms with E-state index in [4.69, 9.17) is 5.10 Å². The van der Waals surface area contributed by atoms with Crippen molar-refractivity contribution in [1.82, 2.24) is 19.0 Å². The van der Waals surface area contributed by atoms with Gasteiger partial charge in [-0.25, -0.2) is 17.5 Å². The number of benzene rings is 2. The molecule has 0 bridgehead atoms. The van der Waals surface area contributed by atoms with Crippen LogP contribution in [0.5, 0.6) is 0 Å². The van der Waals surface area contributed by atoms with E-state index in [9.17, 15) is 12.8 Å². The normalized spacial score (nSPS) is 16.8. The van der Waals surface area contributed by atoms with Crippen molar-refractivity contribution >= 4 is 10.0 Å². The summed E-state index contributed by atoms with van der Waals surface area (Å²) >= 11 is 0. The number of hydrogen-bond donors (Lipinski definition) is 0. The molecule has 1 aliphatic heterocycles. The lowest BCUT2D eigenvalue weighted by atomic mass is 10.0. The minimum atomic E-state index is -3.65. The zero-order valence-electron chi connectivity index (χ0n) is 18.8. The smallest absolute Gasteiger partial charge is 0.243 e. The third-order valence-electron chi connectivity index (χ3n) is 6.59. The first-order chi connectivity index (χ1) is 16.0. The molecule has 6 nitrogen and oxygen atoms in total. The zero-order chi connectivity index (χ0) is 23.0. The third kappa shape index (κ3) is 4.60. The monoisotopic (exact) mass is 468 g/mol. The Morgan fingerprint density at radius 2 is 1.91 bits per heavy atom. The molecule has 2 aromatic carbocycles. The van der Waals surface area contributed by atoms with E-state index < -0.39 is 10.0 Å². The predicted octanol–water partition coefficient (Wildman–Crippen LogP) is 3.99. The maximum absolute atomic E-state index is 14.0. The van der Waals surface area contributed by atoms with Crippen LogP contribution in [0.1, 0.15) is 36.7 Å². The lowest BCUT2D eigenvalue weighted by Crippen LogP contribution is -2.34. The van der Waals surface area contributed by atoms with Crippen molar-refractivity contribution in [3.63, 3.8) is 0 Å². The van der Waals surface area contributed by atoms with E-state index in [1.54, 1.807) is 34.6 Å². The molecule has 1 aromatic heterocycles. The van der Waals surface area contributed by atoms with Crippen LogP contribution in [0.25, 0.3) is 5.69 Å². The standard InChI is InChI=1S/C25H29FN4O2S/c1-2-28-14-13-25-23(17-28)24(27-30(25)21-8-6-7-20(26)15-21)18-29(16-19-11-12-19)33(31,32)22-9-4-3-5-10-22/h3-10,15,19H,2,11-14,16-18H2,1H3. The second kappa shape index (κ2) is 9.00. The highest BCUT2D eigenvalue weighted by molar-refractivity contribution is 7.89. The number of hydrogen-bond acceptors (Lipinski definition) is 4. The number of nitrogens with zero attached hydrogens (tertiary/aromatic N) is 4. The fourth-order valence-electron chi connectivity index (χ4n) is 4.50. The first-order valence-corrected chi connectivity index (χ1v) is 13.0. The first kappa shape index (κ1) is 22.3. The van der Waals surface area contributed by atoms with Crippen LogP contribution in [-0.2, 0) is 29.5 Å². The van der Waals surface area contributed by atoms with Crippen LogP contribution in [0.3, 0.4) is 0 Å². The van der Waals surface area contributed by atoms with E-state index in [-0.39, 0.29) is 12.4 Å². The Bertz CT molecular complexity index is 1240. The molecule has 2 heterocycles. The quantitative estimate of drug-likeness (QED) is 0.502. The zero-order valence-corrected chi connectivity index (χ0v) is 19.6. The van der Waals surface area contributed by atoms with Gasteiger partial charge in [0.15, 0.2) is 0 Å². The first-order valence-electron chi connectivity index (χ1n) is 11.6. The SMILES string of the molecule is CCN1CCc2c(c(CN(CC3CC3)S(=O)(=O)c3ccccc3)nn2-c2cccc(F)c2)C1. The van der Waals surface area contributed by atoms with Gasteiger partial charge in [0.05, 0.1) is 28.5 Å². The van der Waals surface area contributed by atoms with Crippen molar-refractivity contribution in [2.45, 2.75) is 44.2 Å². The van der Waals surface area contributed by atoms with Gasteiger partial charge in [-0.1, -0.05) is 31.2 Å². The molecule has 2 aliphatic rings. The summed E-state index contributed by atoms with van der Waals surface area (Å²) in [6, 6.07) is 15.0. The van der Waals surface area contributed by atoms with Gasteiger partial charge >= 0.3 is 0 Å². The molecule has 0 saturated heterocycles. The number of fused-ring (bicyclic) bond motifs is 1. The van der Waals surface area contributed by atoms with Gasteiger partial charge in [-0.15, -0.1) is 0 Å². The fourth-order valence-corrected chi connectivity index (χ4v) is 6.00. The summed E-state index contributed by atoms with van der Waals surface area (Å²) < 4.78 is 44.5. The van der Waals surface area contributed by atoms with Crippen molar-refractivity contribution in [3.8, 4) is 5.69 Å². The number of halogens is 1. The maximum atomic E-state index is 14.0. The highest BCUT2D eigenvalue weighted by Gasteiger charge is 2.34. The molecular weight excluding hydrogens is 439 g/mol. The van der Waals surface area contributed by atoms with Crippen LogP contribution in [0, 0.1) is 11.7 Å². The van der Waals surface area contributed by atoms with Gasteiger partial charge in [0.25, 0.3) is 0 Å². The summed E-state index contributed by atoms with van der Waals surface area (Å²) in [4.78, 5) is 2.64. The van der Waals surface area contributed by atoms with Gasteiger partial charge in [-0.2, -0.15) is 9.40 Å². The second-order valence-electron chi connectivity index (χ2n) is 8.94. The molecule has 33 heavy (non-hydrogen) atoms. The number of likely N-dealkylation sites (N-methyl/N-ethyl adjacent to an activating group) is 1. The van der Waals surface area contributed by atoms with Gasteiger partial charge in [0, 0.05) is 31.6 Å². The van der Waals surface area contributed by atoms with Gasteiger partial charge in [-0.3, -0.25) is 4.90 Å². The highest BCUT2D eigenvalue weighted by atomic mass is 32.2. The van der Waals surface area contributed by atoms with Crippen molar-refractivity contribution in [1.29, 1.82) is 0 Å². The third-order valence-corrected chi connectivity index (χ3v) is 8.41. The average Bonchev–Trinajstić information content (AvgIpc) is 3.58. The maximum Gasteiger partial charge on any atom is 0.243 e. The van der Waals surface area contributed by atoms with Gasteiger partial charge < -0.3 is 0 Å². The fraction of sp³-hybridized carbons (Fsp3) is 0.400. The van der Waals surface area contributed by atoms with Crippen LogP contribution in [0.4, 0.5) is 4.39 Å². The Kier molecular flexibility index (Phi) is 6.07. The van der Waals surface area contributed by atoms with Crippen LogP contribution in [0.15, 0.2) is 59.5 Å². The van der Waals surface area contributed by atoms with Crippen molar-refractivity contribution < 1.29 is 12.8 Å². The average molecular weight is 469 g/mol. The molecule has 0 atom stereocenters. The molecular formula is C25H29FN4O2S. The minimum Gasteiger partial charge on any atom is -0.299 e. The Morgan fingerprint density at radius 1 is 1.12 bits per heavy atom. The van der Waals surface area contributed by atoms with Crippen LogP contribution >= 0.6 is 0 Å². The van der Waals surface area contributed by atoms with Crippen molar-refractivity contribution in [2.75, 3.05) is 19.6 Å². The summed E-state index contributed by atoms with van der Waals surface area (Å²) in [5.74, 6) is 0.0862. The lowest BCUT2D eigenvalue weighted by molar-refractivity contribution is 0.264. The topological polar surface area (TPSA) is 58.4 Å². The molecule has 0 unspecified atom stereocenters. The minimum absolute atomic E-state index is 0.218. The van der Waals surface area contributed by atoms with E-state index in [2.05, 4.69) is 11.8 Å². The Morgan fingerprint density at radius 3 is 2.61 bits per heavy atom. The summed E-state index contributed by atoms with van der Waals surface area (Å²) in [6.07, 6.45) is 2.90. The lowest BCUT2D eigenvalue weighted by Gasteiger charge is -2.27. The second-order valence-corrected chi connectivity index (χ2v) is 10.9. The molecule has 8 heteroatoms. The largest absolute Gasteiger partial charge is 0.299 e.